The monoisotopic (exact) mass is 281 g/mol. The van der Waals surface area contributed by atoms with Gasteiger partial charge in [0.15, 0.2) is 5.92 Å². The van der Waals surface area contributed by atoms with E-state index in [0.717, 1.165) is 0 Å². The zero-order valence-electron chi connectivity index (χ0n) is 9.48. The molecule has 9 heteroatoms. The van der Waals surface area contributed by atoms with E-state index in [9.17, 15) is 31.1 Å². The van der Waals surface area contributed by atoms with Gasteiger partial charge in [0, 0.05) is 6.54 Å². The Labute approximate surface area is 99.4 Å². The molecule has 0 aliphatic rings. The lowest BCUT2D eigenvalue weighted by molar-refractivity contribution is -0.202. The van der Waals surface area contributed by atoms with Crippen LogP contribution < -0.4 is 0 Å². The molecule has 1 unspecified atom stereocenters. The predicted octanol–water partition coefficient (Wildman–Crippen LogP) is 2.52. The Balaban J connectivity index is 4.77. The summed E-state index contributed by atoms with van der Waals surface area (Å²) in [7, 11) is 0. The van der Waals surface area contributed by atoms with Gasteiger partial charge >= 0.3 is 18.3 Å². The Morgan fingerprint density at radius 3 is 2.00 bits per heavy atom. The van der Waals surface area contributed by atoms with Gasteiger partial charge in [-0.05, 0) is 13.0 Å². The number of carboxylic acids is 1. The lowest BCUT2D eigenvalue weighted by Crippen LogP contribution is -2.44. The highest BCUT2D eigenvalue weighted by atomic mass is 19.4. The van der Waals surface area contributed by atoms with E-state index in [0.29, 0.717) is 4.90 Å². The highest BCUT2D eigenvalue weighted by Gasteiger charge is 2.46. The molecular formula is C9H13F6NO2. The highest BCUT2D eigenvalue weighted by molar-refractivity contribution is 5.71. The van der Waals surface area contributed by atoms with Crippen LogP contribution in [0.3, 0.4) is 0 Å². The van der Waals surface area contributed by atoms with Crippen LogP contribution in [0.25, 0.3) is 0 Å². The van der Waals surface area contributed by atoms with Gasteiger partial charge < -0.3 is 5.11 Å². The summed E-state index contributed by atoms with van der Waals surface area (Å²) in [6.45, 7) is -1.51. The van der Waals surface area contributed by atoms with Gasteiger partial charge in [-0.25, -0.2) is 0 Å². The van der Waals surface area contributed by atoms with Gasteiger partial charge in [0.25, 0.3) is 0 Å². The van der Waals surface area contributed by atoms with Crippen LogP contribution in [0.2, 0.25) is 0 Å². The maximum Gasteiger partial charge on any atom is 0.403 e. The van der Waals surface area contributed by atoms with Crippen LogP contribution >= 0.6 is 0 Å². The minimum atomic E-state index is -5.07. The number of hydrogen-bond donors (Lipinski definition) is 1. The van der Waals surface area contributed by atoms with E-state index < -0.39 is 37.3 Å². The number of alkyl halides is 6. The van der Waals surface area contributed by atoms with E-state index in [2.05, 4.69) is 0 Å². The Hall–Kier alpha value is -0.990. The molecule has 0 aliphatic heterocycles. The van der Waals surface area contributed by atoms with Crippen LogP contribution in [0.4, 0.5) is 26.3 Å². The van der Waals surface area contributed by atoms with Crippen molar-refractivity contribution in [2.45, 2.75) is 25.7 Å². The molecule has 0 aliphatic carbocycles. The number of nitrogens with zero attached hydrogens (tertiary/aromatic N) is 1. The lowest BCUT2D eigenvalue weighted by Gasteiger charge is -2.27. The molecule has 0 heterocycles. The molecule has 0 spiro atoms. The van der Waals surface area contributed by atoms with E-state index in [4.69, 9.17) is 5.11 Å². The van der Waals surface area contributed by atoms with Gasteiger partial charge in [0.1, 0.15) is 0 Å². The molecule has 1 atom stereocenters. The van der Waals surface area contributed by atoms with Crippen LogP contribution in [0, 0.1) is 5.92 Å². The van der Waals surface area contributed by atoms with Crippen molar-refractivity contribution in [2.24, 2.45) is 5.92 Å². The normalized spacial score (nSPS) is 14.9. The second kappa shape index (κ2) is 6.26. The van der Waals surface area contributed by atoms with Crippen molar-refractivity contribution in [3.8, 4) is 0 Å². The first-order valence-corrected chi connectivity index (χ1v) is 5.06. The van der Waals surface area contributed by atoms with Crippen molar-refractivity contribution in [1.29, 1.82) is 0 Å². The molecular weight excluding hydrogens is 268 g/mol. The average molecular weight is 281 g/mol. The fraction of sp³-hybridized carbons (Fsp3) is 0.889. The maximum atomic E-state index is 12.3. The van der Waals surface area contributed by atoms with Crippen LogP contribution in [0.15, 0.2) is 0 Å². The first kappa shape index (κ1) is 17.0. The average Bonchev–Trinajstić information content (AvgIpc) is 2.09. The summed E-state index contributed by atoms with van der Waals surface area (Å²) in [5.74, 6) is -4.99. The molecule has 0 saturated carbocycles. The van der Waals surface area contributed by atoms with Gasteiger partial charge in [0.2, 0.25) is 0 Å². The summed E-state index contributed by atoms with van der Waals surface area (Å²) in [6, 6.07) is 0. The summed E-state index contributed by atoms with van der Waals surface area (Å²) < 4.78 is 73.3. The van der Waals surface area contributed by atoms with Gasteiger partial charge in [-0.2, -0.15) is 26.3 Å². The third kappa shape index (κ3) is 6.67. The van der Waals surface area contributed by atoms with E-state index in [1.54, 1.807) is 0 Å². The maximum absolute atomic E-state index is 12.3. The summed E-state index contributed by atoms with van der Waals surface area (Å²) >= 11 is 0. The van der Waals surface area contributed by atoms with E-state index in [1.807, 2.05) is 0 Å². The Morgan fingerprint density at radius 2 is 1.72 bits per heavy atom. The standard InChI is InChI=1S/C9H13F6NO2/c1-2-3-16(5-8(10,11)12)4-6(7(17)18)9(13,14)15/h6H,2-5H2,1H3,(H,17,18). The largest absolute Gasteiger partial charge is 0.481 e. The second-order valence-electron chi connectivity index (χ2n) is 3.78. The van der Waals surface area contributed by atoms with Crippen LogP contribution in [0.1, 0.15) is 13.3 Å². The van der Waals surface area contributed by atoms with Gasteiger partial charge in [0.05, 0.1) is 6.54 Å². The number of carboxylic acid groups (broad SMARTS) is 1. The Kier molecular flexibility index (Phi) is 5.91. The molecule has 108 valence electrons. The van der Waals surface area contributed by atoms with Crippen LogP contribution in [-0.4, -0.2) is 48.0 Å². The molecule has 0 radical (unpaired) electrons. The first-order valence-electron chi connectivity index (χ1n) is 5.06. The molecule has 0 aromatic heterocycles. The molecule has 0 amide bonds. The van der Waals surface area contributed by atoms with Crippen LogP contribution in [-0.2, 0) is 4.79 Å². The summed E-state index contributed by atoms with van der Waals surface area (Å²) in [6.07, 6.45) is -9.53. The van der Waals surface area contributed by atoms with Crippen LogP contribution in [0.5, 0.6) is 0 Å². The minimum Gasteiger partial charge on any atom is -0.481 e. The number of aliphatic carboxylic acids is 1. The molecule has 3 nitrogen and oxygen atoms in total. The van der Waals surface area contributed by atoms with E-state index >= 15 is 0 Å². The molecule has 0 aromatic carbocycles. The summed E-state index contributed by atoms with van der Waals surface area (Å²) in [4.78, 5) is 10.9. The molecule has 0 aromatic rings. The minimum absolute atomic E-state index is 0.195. The van der Waals surface area contributed by atoms with Crippen molar-refractivity contribution in [2.75, 3.05) is 19.6 Å². The molecule has 0 fully saturated rings. The Morgan fingerprint density at radius 1 is 1.22 bits per heavy atom. The fourth-order valence-electron chi connectivity index (χ4n) is 1.38. The third-order valence-corrected chi connectivity index (χ3v) is 2.08. The molecule has 18 heavy (non-hydrogen) atoms. The van der Waals surface area contributed by atoms with Gasteiger partial charge in [-0.15, -0.1) is 0 Å². The summed E-state index contributed by atoms with van der Waals surface area (Å²) in [5.41, 5.74) is 0. The summed E-state index contributed by atoms with van der Waals surface area (Å²) in [5, 5.41) is 8.40. The highest BCUT2D eigenvalue weighted by Crippen LogP contribution is 2.28. The van der Waals surface area contributed by atoms with E-state index in [-0.39, 0.29) is 13.0 Å². The quantitative estimate of drug-likeness (QED) is 0.760. The molecule has 0 rings (SSSR count). The van der Waals surface area contributed by atoms with Gasteiger partial charge in [-0.3, -0.25) is 9.69 Å². The SMILES string of the molecule is CCCN(CC(C(=O)O)C(F)(F)F)CC(F)(F)F. The van der Waals surface area contributed by atoms with Crippen molar-refractivity contribution in [1.82, 2.24) is 4.90 Å². The molecule has 1 N–H and O–H groups in total. The first-order chi connectivity index (χ1) is 7.97. The predicted molar refractivity (Wildman–Crippen MR) is 50.0 cm³/mol. The lowest BCUT2D eigenvalue weighted by atomic mass is 10.1. The second-order valence-corrected chi connectivity index (χ2v) is 3.78. The number of carbonyl (C=O) groups is 1. The Bertz CT molecular complexity index is 275. The zero-order valence-corrected chi connectivity index (χ0v) is 9.48. The molecule has 0 bridgehead atoms. The van der Waals surface area contributed by atoms with Gasteiger partial charge in [-0.1, -0.05) is 6.92 Å². The van der Waals surface area contributed by atoms with Crippen molar-refractivity contribution in [3.05, 3.63) is 0 Å². The zero-order chi connectivity index (χ0) is 14.6. The van der Waals surface area contributed by atoms with E-state index in [1.165, 1.54) is 6.92 Å². The molecule has 0 saturated heterocycles. The number of hydrogen-bond acceptors (Lipinski definition) is 2. The fourth-order valence-corrected chi connectivity index (χ4v) is 1.38. The van der Waals surface area contributed by atoms with Crippen molar-refractivity contribution in [3.63, 3.8) is 0 Å². The van der Waals surface area contributed by atoms with Crippen molar-refractivity contribution >= 4 is 5.97 Å². The smallest absolute Gasteiger partial charge is 0.403 e. The number of rotatable bonds is 6. The van der Waals surface area contributed by atoms with Crippen molar-refractivity contribution < 1.29 is 36.2 Å². The number of halogens is 6. The third-order valence-electron chi connectivity index (χ3n) is 2.08. The topological polar surface area (TPSA) is 40.5 Å².